The molecule has 0 aliphatic rings. The van der Waals surface area contributed by atoms with Gasteiger partial charge < -0.3 is 15.6 Å². The molecule has 0 spiro atoms. The molecule has 0 unspecified atom stereocenters. The van der Waals surface area contributed by atoms with Gasteiger partial charge in [0.05, 0.1) is 0 Å². The van der Waals surface area contributed by atoms with Crippen molar-refractivity contribution in [3.8, 4) is 0 Å². The number of aromatic nitrogens is 1. The smallest absolute Gasteiger partial charge is 0.326 e. The van der Waals surface area contributed by atoms with Gasteiger partial charge in [-0.05, 0) is 26.8 Å². The van der Waals surface area contributed by atoms with Crippen molar-refractivity contribution < 1.29 is 14.6 Å². The number of nitrogens with two attached hydrogens (primary N) is 1. The first-order chi connectivity index (χ1) is 7.81. The van der Waals surface area contributed by atoms with Crippen molar-refractivity contribution in [1.29, 1.82) is 0 Å². The number of aliphatic hydroxyl groups excluding tert-OH is 1. The van der Waals surface area contributed by atoms with Crippen molar-refractivity contribution in [3.05, 3.63) is 30.1 Å². The van der Waals surface area contributed by atoms with Crippen LogP contribution in [-0.2, 0) is 9.53 Å². The third kappa shape index (κ3) is 4.13. The van der Waals surface area contributed by atoms with Crippen molar-refractivity contribution in [3.63, 3.8) is 0 Å². The number of ether oxygens (including phenoxy) is 1. The summed E-state index contributed by atoms with van der Waals surface area (Å²) >= 11 is 0. The summed E-state index contributed by atoms with van der Waals surface area (Å²) in [5, 5.41) is 9.89. The fourth-order valence-electron chi connectivity index (χ4n) is 1.26. The van der Waals surface area contributed by atoms with Gasteiger partial charge in [0.15, 0.2) is 0 Å². The molecule has 94 valence electrons. The molecule has 5 heteroatoms. The number of hydrogen-bond acceptors (Lipinski definition) is 5. The molecule has 0 amide bonds. The Kier molecular flexibility index (Phi) is 4.20. The van der Waals surface area contributed by atoms with E-state index in [1.165, 1.54) is 6.20 Å². The minimum atomic E-state index is -1.11. The zero-order valence-corrected chi connectivity index (χ0v) is 10.3. The van der Waals surface area contributed by atoms with E-state index in [-0.39, 0.29) is 0 Å². The molecule has 1 aromatic rings. The number of rotatable bonds is 3. The van der Waals surface area contributed by atoms with Crippen LogP contribution in [0.1, 0.15) is 32.4 Å². The molecule has 17 heavy (non-hydrogen) atoms. The van der Waals surface area contributed by atoms with Gasteiger partial charge in [-0.1, -0.05) is 6.07 Å². The van der Waals surface area contributed by atoms with E-state index in [1.54, 1.807) is 39.1 Å². The Balaban J connectivity index is 2.70. The average molecular weight is 238 g/mol. The van der Waals surface area contributed by atoms with Crippen molar-refractivity contribution >= 4 is 5.97 Å². The largest absolute Gasteiger partial charge is 0.459 e. The first kappa shape index (κ1) is 13.6. The maximum atomic E-state index is 11.6. The number of esters is 1. The summed E-state index contributed by atoms with van der Waals surface area (Å²) in [6, 6.07) is 2.21. The Bertz CT molecular complexity index is 373. The first-order valence-electron chi connectivity index (χ1n) is 5.38. The zero-order valence-electron chi connectivity index (χ0n) is 10.3. The van der Waals surface area contributed by atoms with E-state index < -0.39 is 23.7 Å². The molecule has 1 rings (SSSR count). The van der Waals surface area contributed by atoms with Gasteiger partial charge in [-0.2, -0.15) is 0 Å². The Morgan fingerprint density at radius 2 is 2.18 bits per heavy atom. The van der Waals surface area contributed by atoms with Crippen LogP contribution in [0.5, 0.6) is 0 Å². The van der Waals surface area contributed by atoms with Gasteiger partial charge in [-0.25, -0.2) is 0 Å². The maximum Gasteiger partial charge on any atom is 0.326 e. The number of hydrogen-bond donors (Lipinski definition) is 2. The summed E-state index contributed by atoms with van der Waals surface area (Å²) in [4.78, 5) is 15.5. The van der Waals surface area contributed by atoms with Gasteiger partial charge in [0.25, 0.3) is 0 Å². The first-order valence-corrected chi connectivity index (χ1v) is 5.38. The Labute approximate surface area is 101 Å². The molecule has 0 aliphatic heterocycles. The minimum absolute atomic E-state index is 0.492. The van der Waals surface area contributed by atoms with Crippen molar-refractivity contribution in [1.82, 2.24) is 4.98 Å². The van der Waals surface area contributed by atoms with Crippen LogP contribution in [0.25, 0.3) is 0 Å². The van der Waals surface area contributed by atoms with Gasteiger partial charge in [-0.15, -0.1) is 0 Å². The van der Waals surface area contributed by atoms with Crippen LogP contribution in [0, 0.1) is 0 Å². The molecule has 3 N–H and O–H groups in total. The summed E-state index contributed by atoms with van der Waals surface area (Å²) < 4.78 is 5.10. The molecule has 0 saturated carbocycles. The monoisotopic (exact) mass is 238 g/mol. The molecule has 2 atom stereocenters. The van der Waals surface area contributed by atoms with Crippen LogP contribution in [0.2, 0.25) is 0 Å². The van der Waals surface area contributed by atoms with E-state index in [0.29, 0.717) is 5.56 Å². The molecule has 1 heterocycles. The van der Waals surface area contributed by atoms with Crippen molar-refractivity contribution in [2.75, 3.05) is 0 Å². The second-order valence-electron chi connectivity index (χ2n) is 4.79. The predicted octanol–water partition coefficient (Wildman–Crippen LogP) is 0.784. The zero-order chi connectivity index (χ0) is 13.1. The average Bonchev–Trinajstić information content (AvgIpc) is 2.26. The Morgan fingerprint density at radius 1 is 1.53 bits per heavy atom. The highest BCUT2D eigenvalue weighted by atomic mass is 16.6. The second kappa shape index (κ2) is 5.25. The van der Waals surface area contributed by atoms with E-state index in [0.717, 1.165) is 0 Å². The van der Waals surface area contributed by atoms with Crippen LogP contribution < -0.4 is 5.73 Å². The quantitative estimate of drug-likeness (QED) is 0.760. The standard InChI is InChI=1S/C12H18N2O3/c1-12(2,3)17-11(16)9(13)10(15)8-5-4-6-14-7-8/h4-7,9-10,15H,13H2,1-3H3/t9-,10-/m1/s1. The van der Waals surface area contributed by atoms with E-state index in [2.05, 4.69) is 4.98 Å². The fraction of sp³-hybridized carbons (Fsp3) is 0.500. The second-order valence-corrected chi connectivity index (χ2v) is 4.79. The highest BCUT2D eigenvalue weighted by Crippen LogP contribution is 2.17. The van der Waals surface area contributed by atoms with Crippen molar-refractivity contribution in [2.24, 2.45) is 5.73 Å². The van der Waals surface area contributed by atoms with Crippen LogP contribution in [0.4, 0.5) is 0 Å². The predicted molar refractivity (Wildman–Crippen MR) is 63.0 cm³/mol. The summed E-state index contributed by atoms with van der Waals surface area (Å²) in [6.45, 7) is 5.23. The van der Waals surface area contributed by atoms with Crippen molar-refractivity contribution in [2.45, 2.75) is 38.5 Å². The molecule has 1 aromatic heterocycles. The Morgan fingerprint density at radius 3 is 2.65 bits per heavy atom. The fourth-order valence-corrected chi connectivity index (χ4v) is 1.26. The van der Waals surface area contributed by atoms with E-state index in [1.807, 2.05) is 0 Å². The third-order valence-electron chi connectivity index (χ3n) is 2.05. The molecule has 0 aliphatic carbocycles. The third-order valence-corrected chi connectivity index (χ3v) is 2.05. The lowest BCUT2D eigenvalue weighted by Crippen LogP contribution is -2.41. The molecule has 0 bridgehead atoms. The number of nitrogens with zero attached hydrogens (tertiary/aromatic N) is 1. The van der Waals surface area contributed by atoms with Crippen LogP contribution in [-0.4, -0.2) is 27.7 Å². The molecule has 0 aromatic carbocycles. The molecule has 0 fully saturated rings. The lowest BCUT2D eigenvalue weighted by atomic mass is 10.0. The Hall–Kier alpha value is -1.46. The summed E-state index contributed by atoms with van der Waals surface area (Å²) in [6.07, 6.45) is 1.93. The van der Waals surface area contributed by atoms with Gasteiger partial charge >= 0.3 is 5.97 Å². The number of aliphatic hydroxyl groups is 1. The van der Waals surface area contributed by atoms with E-state index >= 15 is 0 Å². The van der Waals surface area contributed by atoms with Gasteiger partial charge in [0.1, 0.15) is 17.7 Å². The summed E-state index contributed by atoms with van der Waals surface area (Å²) in [5.74, 6) is -0.631. The molecule has 0 radical (unpaired) electrons. The van der Waals surface area contributed by atoms with Crippen LogP contribution >= 0.6 is 0 Å². The van der Waals surface area contributed by atoms with E-state index in [4.69, 9.17) is 10.5 Å². The normalized spacial score (nSPS) is 15.1. The maximum absolute atomic E-state index is 11.6. The SMILES string of the molecule is CC(C)(C)OC(=O)[C@H](N)[C@H](O)c1cccnc1. The van der Waals surface area contributed by atoms with Gasteiger partial charge in [0.2, 0.25) is 0 Å². The topological polar surface area (TPSA) is 85.4 Å². The molecular weight excluding hydrogens is 220 g/mol. The highest BCUT2D eigenvalue weighted by molar-refractivity contribution is 5.76. The summed E-state index contributed by atoms with van der Waals surface area (Å²) in [5.41, 5.74) is 5.52. The van der Waals surface area contributed by atoms with E-state index in [9.17, 15) is 9.90 Å². The minimum Gasteiger partial charge on any atom is -0.459 e. The molecular formula is C12H18N2O3. The number of carbonyl (C=O) groups excluding carboxylic acids is 1. The van der Waals surface area contributed by atoms with Crippen LogP contribution in [0.3, 0.4) is 0 Å². The van der Waals surface area contributed by atoms with Crippen LogP contribution in [0.15, 0.2) is 24.5 Å². The van der Waals surface area contributed by atoms with Gasteiger partial charge in [0, 0.05) is 18.0 Å². The van der Waals surface area contributed by atoms with Gasteiger partial charge in [-0.3, -0.25) is 9.78 Å². The molecule has 5 nitrogen and oxygen atoms in total. The lowest BCUT2D eigenvalue weighted by molar-refractivity contribution is -0.159. The number of pyridine rings is 1. The highest BCUT2D eigenvalue weighted by Gasteiger charge is 2.28. The molecule has 0 saturated heterocycles. The lowest BCUT2D eigenvalue weighted by Gasteiger charge is -2.24. The summed E-state index contributed by atoms with van der Waals surface area (Å²) in [7, 11) is 0. The number of carbonyl (C=O) groups is 1.